The fourth-order valence-corrected chi connectivity index (χ4v) is 1.98. The standard InChI is InChI=1S/C13H15FO4/c1-13(2,7-11(15)16)8-5-9(14)12-10(6-8)17-3-4-18-12/h5-6H,3-4,7H2,1-2H3,(H,15,16). The van der Waals surface area contributed by atoms with Gasteiger partial charge in [-0.1, -0.05) is 13.8 Å². The summed E-state index contributed by atoms with van der Waals surface area (Å²) >= 11 is 0. The van der Waals surface area contributed by atoms with Gasteiger partial charge < -0.3 is 14.6 Å². The summed E-state index contributed by atoms with van der Waals surface area (Å²) in [5, 5.41) is 8.87. The van der Waals surface area contributed by atoms with Gasteiger partial charge >= 0.3 is 5.97 Å². The van der Waals surface area contributed by atoms with Crippen LogP contribution in [0.4, 0.5) is 4.39 Å². The largest absolute Gasteiger partial charge is 0.486 e. The Morgan fingerprint density at radius 3 is 2.72 bits per heavy atom. The van der Waals surface area contributed by atoms with Crippen molar-refractivity contribution in [2.45, 2.75) is 25.7 Å². The van der Waals surface area contributed by atoms with Crippen LogP contribution < -0.4 is 9.47 Å². The van der Waals surface area contributed by atoms with Crippen molar-refractivity contribution in [3.8, 4) is 11.5 Å². The minimum Gasteiger partial charge on any atom is -0.486 e. The molecule has 1 aromatic rings. The second-order valence-electron chi connectivity index (χ2n) is 4.94. The van der Waals surface area contributed by atoms with Crippen molar-refractivity contribution in [3.63, 3.8) is 0 Å². The predicted molar refractivity (Wildman–Crippen MR) is 62.7 cm³/mol. The normalized spacial score (nSPS) is 14.4. The van der Waals surface area contributed by atoms with E-state index in [-0.39, 0.29) is 12.2 Å². The summed E-state index contributed by atoms with van der Waals surface area (Å²) in [5.74, 6) is -0.984. The molecule has 1 aliphatic rings. The van der Waals surface area contributed by atoms with Gasteiger partial charge in [-0.3, -0.25) is 4.79 Å². The summed E-state index contributed by atoms with van der Waals surface area (Å²) in [6.07, 6.45) is -0.0773. The maximum atomic E-state index is 13.8. The molecule has 18 heavy (non-hydrogen) atoms. The van der Waals surface area contributed by atoms with Crippen LogP contribution in [0, 0.1) is 5.82 Å². The quantitative estimate of drug-likeness (QED) is 0.899. The van der Waals surface area contributed by atoms with E-state index in [1.165, 1.54) is 6.07 Å². The number of hydrogen-bond acceptors (Lipinski definition) is 3. The van der Waals surface area contributed by atoms with Gasteiger partial charge in [0, 0.05) is 5.41 Å². The molecule has 0 saturated heterocycles. The number of aliphatic carboxylic acids is 1. The summed E-state index contributed by atoms with van der Waals surface area (Å²) in [4.78, 5) is 10.8. The Hall–Kier alpha value is -1.78. The minimum atomic E-state index is -0.921. The number of ether oxygens (including phenoxy) is 2. The molecule has 0 amide bonds. The summed E-state index contributed by atoms with van der Waals surface area (Å²) in [5.41, 5.74) is -0.0747. The number of halogens is 1. The van der Waals surface area contributed by atoms with Crippen molar-refractivity contribution < 1.29 is 23.8 Å². The first kappa shape index (κ1) is 12.7. The van der Waals surface area contributed by atoms with E-state index in [2.05, 4.69) is 0 Å². The number of hydrogen-bond donors (Lipinski definition) is 1. The van der Waals surface area contributed by atoms with Crippen LogP contribution in [0.1, 0.15) is 25.8 Å². The van der Waals surface area contributed by atoms with E-state index < -0.39 is 17.2 Å². The number of carboxylic acid groups (broad SMARTS) is 1. The van der Waals surface area contributed by atoms with E-state index in [4.69, 9.17) is 14.6 Å². The molecule has 0 unspecified atom stereocenters. The number of benzene rings is 1. The number of carbonyl (C=O) groups is 1. The molecule has 0 radical (unpaired) electrons. The van der Waals surface area contributed by atoms with Crippen LogP contribution in [0.15, 0.2) is 12.1 Å². The Morgan fingerprint density at radius 2 is 2.06 bits per heavy atom. The Bertz CT molecular complexity index is 482. The van der Waals surface area contributed by atoms with Gasteiger partial charge in [-0.05, 0) is 17.7 Å². The van der Waals surface area contributed by atoms with Gasteiger partial charge in [-0.25, -0.2) is 4.39 Å². The molecule has 98 valence electrons. The van der Waals surface area contributed by atoms with Crippen molar-refractivity contribution in [2.75, 3.05) is 13.2 Å². The Morgan fingerprint density at radius 1 is 1.39 bits per heavy atom. The molecule has 0 fully saturated rings. The van der Waals surface area contributed by atoms with E-state index in [0.717, 1.165) is 0 Å². The molecule has 5 heteroatoms. The number of rotatable bonds is 3. The SMILES string of the molecule is CC(C)(CC(=O)O)c1cc(F)c2c(c1)OCCO2. The highest BCUT2D eigenvalue weighted by atomic mass is 19.1. The lowest BCUT2D eigenvalue weighted by atomic mass is 9.81. The summed E-state index contributed by atoms with van der Waals surface area (Å²) in [6.45, 7) is 4.20. The molecule has 0 saturated carbocycles. The van der Waals surface area contributed by atoms with Crippen molar-refractivity contribution in [2.24, 2.45) is 0 Å². The first-order chi connectivity index (χ1) is 8.40. The zero-order valence-electron chi connectivity index (χ0n) is 10.3. The monoisotopic (exact) mass is 254 g/mol. The van der Waals surface area contributed by atoms with Crippen LogP contribution in [-0.4, -0.2) is 24.3 Å². The van der Waals surface area contributed by atoms with E-state index in [9.17, 15) is 9.18 Å². The number of carboxylic acids is 1. The zero-order chi connectivity index (χ0) is 13.3. The smallest absolute Gasteiger partial charge is 0.304 e. The first-order valence-electron chi connectivity index (χ1n) is 5.71. The third-order valence-corrected chi connectivity index (χ3v) is 2.97. The second-order valence-corrected chi connectivity index (χ2v) is 4.94. The van der Waals surface area contributed by atoms with Crippen LogP contribution in [0.5, 0.6) is 11.5 Å². The molecule has 1 aromatic carbocycles. The lowest BCUT2D eigenvalue weighted by Gasteiger charge is -2.26. The van der Waals surface area contributed by atoms with E-state index in [1.54, 1.807) is 19.9 Å². The maximum absolute atomic E-state index is 13.8. The van der Waals surface area contributed by atoms with Crippen LogP contribution in [0.2, 0.25) is 0 Å². The summed E-state index contributed by atoms with van der Waals surface area (Å²) < 4.78 is 24.4. The first-order valence-corrected chi connectivity index (χ1v) is 5.71. The Balaban J connectivity index is 2.40. The lowest BCUT2D eigenvalue weighted by Crippen LogP contribution is -2.23. The molecule has 1 N–H and O–H groups in total. The predicted octanol–water partition coefficient (Wildman–Crippen LogP) is 2.35. The van der Waals surface area contributed by atoms with Crippen LogP contribution in [0.25, 0.3) is 0 Å². The molecule has 1 aliphatic heterocycles. The van der Waals surface area contributed by atoms with Crippen molar-refractivity contribution in [3.05, 3.63) is 23.5 Å². The topological polar surface area (TPSA) is 55.8 Å². The molecule has 1 heterocycles. The third kappa shape index (κ3) is 2.39. The maximum Gasteiger partial charge on any atom is 0.304 e. The third-order valence-electron chi connectivity index (χ3n) is 2.97. The molecular weight excluding hydrogens is 239 g/mol. The molecule has 4 nitrogen and oxygen atoms in total. The van der Waals surface area contributed by atoms with Crippen LogP contribution in [-0.2, 0) is 10.2 Å². The summed E-state index contributed by atoms with van der Waals surface area (Å²) in [6, 6.07) is 2.97. The van der Waals surface area contributed by atoms with Crippen molar-refractivity contribution in [1.29, 1.82) is 0 Å². The Labute approximate surface area is 104 Å². The van der Waals surface area contributed by atoms with Gasteiger partial charge in [0.15, 0.2) is 17.3 Å². The van der Waals surface area contributed by atoms with Gasteiger partial charge in [-0.15, -0.1) is 0 Å². The molecule has 0 atom stereocenters. The fourth-order valence-electron chi connectivity index (χ4n) is 1.98. The molecule has 0 bridgehead atoms. The molecule has 0 aliphatic carbocycles. The van der Waals surface area contributed by atoms with E-state index in [1.807, 2.05) is 0 Å². The molecule has 2 rings (SSSR count). The minimum absolute atomic E-state index is 0.0773. The van der Waals surface area contributed by atoms with Gasteiger partial charge in [0.2, 0.25) is 0 Å². The molecule has 0 spiro atoms. The van der Waals surface area contributed by atoms with Gasteiger partial charge in [0.05, 0.1) is 6.42 Å². The highest BCUT2D eigenvalue weighted by Gasteiger charge is 2.28. The Kier molecular flexibility index (Phi) is 3.15. The summed E-state index contributed by atoms with van der Waals surface area (Å²) in [7, 11) is 0. The van der Waals surface area contributed by atoms with Gasteiger partial charge in [-0.2, -0.15) is 0 Å². The van der Waals surface area contributed by atoms with E-state index in [0.29, 0.717) is 24.5 Å². The van der Waals surface area contributed by atoms with Gasteiger partial charge in [0.25, 0.3) is 0 Å². The highest BCUT2D eigenvalue weighted by molar-refractivity contribution is 5.69. The molecule has 0 aromatic heterocycles. The van der Waals surface area contributed by atoms with Gasteiger partial charge in [0.1, 0.15) is 13.2 Å². The second kappa shape index (κ2) is 4.48. The van der Waals surface area contributed by atoms with Crippen LogP contribution >= 0.6 is 0 Å². The average molecular weight is 254 g/mol. The van der Waals surface area contributed by atoms with E-state index >= 15 is 0 Å². The zero-order valence-corrected chi connectivity index (χ0v) is 10.3. The van der Waals surface area contributed by atoms with Crippen molar-refractivity contribution in [1.82, 2.24) is 0 Å². The fraction of sp³-hybridized carbons (Fsp3) is 0.462. The highest BCUT2D eigenvalue weighted by Crippen LogP contribution is 2.38. The van der Waals surface area contributed by atoms with Crippen LogP contribution in [0.3, 0.4) is 0 Å². The molecular formula is C13H15FO4. The number of fused-ring (bicyclic) bond motifs is 1. The van der Waals surface area contributed by atoms with Crippen molar-refractivity contribution >= 4 is 5.97 Å². The average Bonchev–Trinajstić information content (AvgIpc) is 2.27. The lowest BCUT2D eigenvalue weighted by molar-refractivity contribution is -0.138.